The van der Waals surface area contributed by atoms with E-state index in [1.165, 1.54) is 11.1 Å². The number of nitrogens with one attached hydrogen (secondary N) is 2. The van der Waals surface area contributed by atoms with Crippen molar-refractivity contribution in [1.29, 1.82) is 0 Å². The number of thiocarbonyl (C=S) groups is 1. The molecule has 3 rings (SSSR count). The highest BCUT2D eigenvalue weighted by Gasteiger charge is 2.13. The van der Waals surface area contributed by atoms with E-state index in [1.807, 2.05) is 41.9 Å². The van der Waals surface area contributed by atoms with Gasteiger partial charge in [0.25, 0.3) is 0 Å². The van der Waals surface area contributed by atoms with Crippen molar-refractivity contribution in [2.24, 2.45) is 0 Å². The van der Waals surface area contributed by atoms with Crippen LogP contribution in [0.5, 0.6) is 0 Å². The van der Waals surface area contributed by atoms with Crippen LogP contribution in [0.2, 0.25) is 0 Å². The predicted molar refractivity (Wildman–Crippen MR) is 108 cm³/mol. The fraction of sp³-hybridized carbons (Fsp3) is 0.200. The normalized spacial score (nSPS) is 10.5. The first-order chi connectivity index (χ1) is 12.0. The topological polar surface area (TPSA) is 41.9 Å². The van der Waals surface area contributed by atoms with Crippen LogP contribution in [0.15, 0.2) is 54.6 Å². The van der Waals surface area contributed by atoms with E-state index in [0.717, 1.165) is 29.3 Å². The van der Waals surface area contributed by atoms with Gasteiger partial charge in [-0.1, -0.05) is 42.5 Å². The lowest BCUT2D eigenvalue weighted by atomic mass is 10.2. The first-order valence-corrected chi connectivity index (χ1v) is 8.66. The van der Waals surface area contributed by atoms with Crippen molar-refractivity contribution in [3.63, 3.8) is 0 Å². The largest absolute Gasteiger partial charge is 0.332 e. The third-order valence-corrected chi connectivity index (χ3v) is 4.28. The van der Waals surface area contributed by atoms with Crippen LogP contribution in [0, 0.1) is 20.8 Å². The van der Waals surface area contributed by atoms with Gasteiger partial charge in [-0.05, 0) is 56.2 Å². The van der Waals surface area contributed by atoms with Crippen LogP contribution in [-0.2, 0) is 6.54 Å². The number of hydrogen-bond donors (Lipinski definition) is 2. The first kappa shape index (κ1) is 17.2. The smallest absolute Gasteiger partial charge is 0.175 e. The zero-order valence-corrected chi connectivity index (χ0v) is 15.5. The zero-order valence-electron chi connectivity index (χ0n) is 14.7. The quantitative estimate of drug-likeness (QED) is 0.671. The second-order valence-corrected chi connectivity index (χ2v) is 6.55. The van der Waals surface area contributed by atoms with E-state index < -0.39 is 0 Å². The lowest BCUT2D eigenvalue weighted by Gasteiger charge is -2.11. The highest BCUT2D eigenvalue weighted by Crippen LogP contribution is 2.21. The molecule has 0 amide bonds. The van der Waals surface area contributed by atoms with Crippen molar-refractivity contribution in [2.75, 3.05) is 10.6 Å². The second kappa shape index (κ2) is 7.49. The summed E-state index contributed by atoms with van der Waals surface area (Å²) in [6.07, 6.45) is 0. The second-order valence-electron chi connectivity index (χ2n) is 6.14. The van der Waals surface area contributed by atoms with E-state index in [1.54, 1.807) is 0 Å². The molecule has 0 unspecified atom stereocenters. The van der Waals surface area contributed by atoms with Gasteiger partial charge in [0.1, 0.15) is 0 Å². The summed E-state index contributed by atoms with van der Waals surface area (Å²) in [5.74, 6) is 0. The van der Waals surface area contributed by atoms with Crippen LogP contribution >= 0.6 is 12.2 Å². The van der Waals surface area contributed by atoms with Gasteiger partial charge in [0.15, 0.2) is 5.11 Å². The van der Waals surface area contributed by atoms with Gasteiger partial charge in [0.05, 0.1) is 23.6 Å². The Hall–Kier alpha value is -2.66. The van der Waals surface area contributed by atoms with Gasteiger partial charge in [0.2, 0.25) is 0 Å². The highest BCUT2D eigenvalue weighted by atomic mass is 32.1. The molecule has 0 fully saturated rings. The molecule has 0 atom stereocenters. The van der Waals surface area contributed by atoms with E-state index in [4.69, 9.17) is 12.2 Å². The lowest BCUT2D eigenvalue weighted by molar-refractivity contribution is 0.659. The van der Waals surface area contributed by atoms with E-state index in [9.17, 15) is 0 Å². The van der Waals surface area contributed by atoms with Crippen LogP contribution < -0.4 is 10.6 Å². The maximum atomic E-state index is 5.46. The van der Waals surface area contributed by atoms with Crippen molar-refractivity contribution < 1.29 is 0 Å². The predicted octanol–water partition coefficient (Wildman–Crippen LogP) is 4.67. The third-order valence-electron chi connectivity index (χ3n) is 4.07. The van der Waals surface area contributed by atoms with E-state index in [2.05, 4.69) is 53.8 Å². The molecule has 2 N–H and O–H groups in total. The molecule has 3 aromatic rings. The first-order valence-electron chi connectivity index (χ1n) is 8.25. The number of nitrogens with zero attached hydrogens (tertiary/aromatic N) is 2. The van der Waals surface area contributed by atoms with Crippen LogP contribution in [0.4, 0.5) is 11.4 Å². The van der Waals surface area contributed by atoms with Gasteiger partial charge in [0, 0.05) is 5.69 Å². The van der Waals surface area contributed by atoms with E-state index in [-0.39, 0.29) is 0 Å². The molecule has 0 aliphatic heterocycles. The van der Waals surface area contributed by atoms with Gasteiger partial charge in [-0.3, -0.25) is 4.68 Å². The fourth-order valence-electron chi connectivity index (χ4n) is 2.79. The van der Waals surface area contributed by atoms with Crippen molar-refractivity contribution in [2.45, 2.75) is 27.3 Å². The maximum absolute atomic E-state index is 5.46. The van der Waals surface area contributed by atoms with E-state index >= 15 is 0 Å². The van der Waals surface area contributed by atoms with Crippen molar-refractivity contribution in [1.82, 2.24) is 9.78 Å². The maximum Gasteiger partial charge on any atom is 0.175 e. The Morgan fingerprint density at radius 3 is 2.48 bits per heavy atom. The monoisotopic (exact) mass is 350 g/mol. The van der Waals surface area contributed by atoms with Gasteiger partial charge >= 0.3 is 0 Å². The zero-order chi connectivity index (χ0) is 17.8. The molecule has 0 saturated heterocycles. The fourth-order valence-corrected chi connectivity index (χ4v) is 3.01. The average Bonchev–Trinajstić information content (AvgIpc) is 2.83. The Morgan fingerprint density at radius 2 is 1.76 bits per heavy atom. The molecule has 1 heterocycles. The van der Waals surface area contributed by atoms with Crippen LogP contribution in [0.1, 0.15) is 22.5 Å². The van der Waals surface area contributed by atoms with Gasteiger partial charge in [-0.15, -0.1) is 0 Å². The van der Waals surface area contributed by atoms with Crippen LogP contribution in [-0.4, -0.2) is 14.9 Å². The summed E-state index contributed by atoms with van der Waals surface area (Å²) in [7, 11) is 0. The SMILES string of the molecule is Cc1cccc(NC(=S)Nc2c(C)nn(Cc3ccccc3)c2C)c1. The lowest BCUT2D eigenvalue weighted by Crippen LogP contribution is -2.20. The molecule has 0 aliphatic rings. The summed E-state index contributed by atoms with van der Waals surface area (Å²) in [6.45, 7) is 6.85. The average molecular weight is 350 g/mol. The van der Waals surface area contributed by atoms with Gasteiger partial charge in [-0.2, -0.15) is 5.10 Å². The molecular formula is C20H22N4S. The standard InChI is InChI=1S/C20H22N4S/c1-14-8-7-11-18(12-14)21-20(25)22-19-15(2)23-24(16(19)3)13-17-9-5-4-6-10-17/h4-12H,13H2,1-3H3,(H2,21,22,25). The number of anilines is 2. The third kappa shape index (κ3) is 4.25. The summed E-state index contributed by atoms with van der Waals surface area (Å²) in [6, 6.07) is 18.4. The minimum atomic E-state index is 0.566. The van der Waals surface area contributed by atoms with Crippen LogP contribution in [0.25, 0.3) is 0 Å². The number of rotatable bonds is 4. The number of hydrogen-bond acceptors (Lipinski definition) is 2. The van der Waals surface area contributed by atoms with Gasteiger partial charge < -0.3 is 10.6 Å². The summed E-state index contributed by atoms with van der Waals surface area (Å²) in [5, 5.41) is 11.7. The molecule has 25 heavy (non-hydrogen) atoms. The molecule has 0 bridgehead atoms. The molecule has 0 spiro atoms. The molecule has 1 aromatic heterocycles. The number of benzene rings is 2. The number of aromatic nitrogens is 2. The van der Waals surface area contributed by atoms with Crippen LogP contribution in [0.3, 0.4) is 0 Å². The molecule has 0 saturated carbocycles. The Balaban J connectivity index is 1.73. The van der Waals surface area contributed by atoms with E-state index in [0.29, 0.717) is 5.11 Å². The minimum absolute atomic E-state index is 0.566. The molecule has 4 nitrogen and oxygen atoms in total. The minimum Gasteiger partial charge on any atom is -0.332 e. The van der Waals surface area contributed by atoms with Gasteiger partial charge in [-0.25, -0.2) is 0 Å². The molecule has 0 radical (unpaired) electrons. The van der Waals surface area contributed by atoms with Crippen molar-refractivity contribution in [3.8, 4) is 0 Å². The molecular weight excluding hydrogens is 328 g/mol. The Bertz CT molecular complexity index is 884. The Kier molecular flexibility index (Phi) is 5.14. The summed E-state index contributed by atoms with van der Waals surface area (Å²) in [4.78, 5) is 0. The summed E-state index contributed by atoms with van der Waals surface area (Å²) in [5.41, 5.74) is 6.35. The Morgan fingerprint density at radius 1 is 1.00 bits per heavy atom. The summed E-state index contributed by atoms with van der Waals surface area (Å²) < 4.78 is 2.00. The Labute approximate surface area is 153 Å². The molecule has 0 aliphatic carbocycles. The molecule has 5 heteroatoms. The van der Waals surface area contributed by atoms with Crippen molar-refractivity contribution in [3.05, 3.63) is 77.1 Å². The highest BCUT2D eigenvalue weighted by molar-refractivity contribution is 7.80. The molecule has 128 valence electrons. The van der Waals surface area contributed by atoms with Crippen molar-refractivity contribution >= 4 is 28.7 Å². The number of aryl methyl sites for hydroxylation is 2. The molecule has 2 aromatic carbocycles. The summed E-state index contributed by atoms with van der Waals surface area (Å²) >= 11 is 5.46.